The Morgan fingerprint density at radius 2 is 1.94 bits per heavy atom. The summed E-state index contributed by atoms with van der Waals surface area (Å²) in [5, 5.41) is 0. The summed E-state index contributed by atoms with van der Waals surface area (Å²) < 4.78 is 46.8. The SMILES string of the molecule is Cc1cnc(C(=O)N2CC(=O)N(C(C)C)C[C@H](OCc3ccc(OC(F)(F)F)cc3)C2)[nH]1. The smallest absolute Gasteiger partial charge is 0.406 e. The largest absolute Gasteiger partial charge is 0.573 e. The van der Waals surface area contributed by atoms with Crippen molar-refractivity contribution >= 4 is 11.8 Å². The number of rotatable bonds is 6. The molecule has 0 aliphatic carbocycles. The van der Waals surface area contributed by atoms with Gasteiger partial charge in [-0.3, -0.25) is 9.59 Å². The average Bonchev–Trinajstić information content (AvgIpc) is 3.06. The third-order valence-corrected chi connectivity index (χ3v) is 4.93. The molecule has 0 spiro atoms. The topological polar surface area (TPSA) is 87.8 Å². The molecule has 1 aromatic carbocycles. The van der Waals surface area contributed by atoms with Crippen LogP contribution < -0.4 is 4.74 Å². The number of nitrogens with one attached hydrogen (secondary N) is 1. The van der Waals surface area contributed by atoms with Crippen LogP contribution in [0.3, 0.4) is 0 Å². The third kappa shape index (κ3) is 6.22. The molecule has 1 N–H and O–H groups in total. The third-order valence-electron chi connectivity index (χ3n) is 4.93. The quantitative estimate of drug-likeness (QED) is 0.725. The Balaban J connectivity index is 1.70. The van der Waals surface area contributed by atoms with Crippen molar-refractivity contribution in [2.45, 2.75) is 45.9 Å². The van der Waals surface area contributed by atoms with Gasteiger partial charge in [-0.05, 0) is 38.5 Å². The van der Waals surface area contributed by atoms with Gasteiger partial charge in [0.2, 0.25) is 5.91 Å². The lowest BCUT2D eigenvalue weighted by Gasteiger charge is -2.27. The summed E-state index contributed by atoms with van der Waals surface area (Å²) in [6.07, 6.45) is -3.71. The fourth-order valence-corrected chi connectivity index (χ4v) is 3.37. The Bertz CT molecular complexity index is 943. The van der Waals surface area contributed by atoms with Crippen LogP contribution in [0.4, 0.5) is 13.2 Å². The number of halogens is 3. The fourth-order valence-electron chi connectivity index (χ4n) is 3.37. The van der Waals surface area contributed by atoms with Crippen molar-refractivity contribution in [1.82, 2.24) is 19.8 Å². The highest BCUT2D eigenvalue weighted by molar-refractivity contribution is 5.94. The number of amides is 2. The van der Waals surface area contributed by atoms with Crippen LogP contribution >= 0.6 is 0 Å². The molecule has 2 aromatic rings. The Kier molecular flexibility index (Phi) is 7.07. The normalized spacial score (nSPS) is 17.6. The van der Waals surface area contributed by atoms with E-state index in [0.717, 1.165) is 5.69 Å². The molecule has 2 heterocycles. The molecule has 1 atom stereocenters. The van der Waals surface area contributed by atoms with Gasteiger partial charge >= 0.3 is 6.36 Å². The van der Waals surface area contributed by atoms with Crippen LogP contribution in [0.2, 0.25) is 0 Å². The molecule has 0 unspecified atom stereocenters. The molecule has 0 bridgehead atoms. The van der Waals surface area contributed by atoms with Crippen LogP contribution in [0, 0.1) is 6.92 Å². The van der Waals surface area contributed by atoms with E-state index in [1.165, 1.54) is 35.4 Å². The number of alkyl halides is 3. The van der Waals surface area contributed by atoms with Crippen LogP contribution in [0.5, 0.6) is 5.75 Å². The second-order valence-corrected chi connectivity index (χ2v) is 7.87. The second kappa shape index (κ2) is 9.60. The van der Waals surface area contributed by atoms with Gasteiger partial charge in [-0.2, -0.15) is 0 Å². The van der Waals surface area contributed by atoms with Gasteiger partial charge in [-0.1, -0.05) is 12.1 Å². The fraction of sp³-hybridized carbons (Fsp3) is 0.476. The number of nitrogens with zero attached hydrogens (tertiary/aromatic N) is 3. The molecule has 174 valence electrons. The van der Waals surface area contributed by atoms with E-state index >= 15 is 0 Å². The zero-order valence-electron chi connectivity index (χ0n) is 18.0. The van der Waals surface area contributed by atoms with E-state index < -0.39 is 18.4 Å². The maximum atomic E-state index is 12.9. The standard InChI is InChI=1S/C21H25F3N4O4/c1-13(2)28-10-17(31-12-15-4-6-16(7-5-15)32-21(22,23)24)9-27(11-18(28)29)20(30)19-25-8-14(3)26-19/h4-8,13,17H,9-12H2,1-3H3,(H,25,26)/t17-/m1/s1. The predicted octanol–water partition coefficient (Wildman–Crippen LogP) is 2.89. The van der Waals surface area contributed by atoms with Gasteiger partial charge in [0.25, 0.3) is 5.91 Å². The van der Waals surface area contributed by atoms with E-state index in [1.807, 2.05) is 13.8 Å². The van der Waals surface area contributed by atoms with Crippen LogP contribution in [0.1, 0.15) is 35.7 Å². The van der Waals surface area contributed by atoms with E-state index in [9.17, 15) is 22.8 Å². The number of aromatic nitrogens is 2. The van der Waals surface area contributed by atoms with Crippen molar-refractivity contribution in [2.24, 2.45) is 0 Å². The van der Waals surface area contributed by atoms with E-state index in [-0.39, 0.29) is 49.8 Å². The lowest BCUT2D eigenvalue weighted by molar-refractivity contribution is -0.274. The van der Waals surface area contributed by atoms with Gasteiger partial charge in [0.1, 0.15) is 12.3 Å². The van der Waals surface area contributed by atoms with Gasteiger partial charge in [-0.15, -0.1) is 13.2 Å². The first-order chi connectivity index (χ1) is 15.0. The first-order valence-corrected chi connectivity index (χ1v) is 10.1. The maximum absolute atomic E-state index is 12.9. The molecule has 32 heavy (non-hydrogen) atoms. The Labute approximate surface area is 183 Å². The molecule has 1 fully saturated rings. The van der Waals surface area contributed by atoms with Crippen molar-refractivity contribution in [3.8, 4) is 5.75 Å². The van der Waals surface area contributed by atoms with Crippen LogP contribution in [0.25, 0.3) is 0 Å². The molecule has 3 rings (SSSR count). The molecule has 0 radical (unpaired) electrons. The van der Waals surface area contributed by atoms with Crippen LogP contribution in [-0.2, 0) is 16.1 Å². The molecular formula is C21H25F3N4O4. The number of carbonyl (C=O) groups excluding carboxylic acids is 2. The zero-order chi connectivity index (χ0) is 23.5. The summed E-state index contributed by atoms with van der Waals surface area (Å²) in [5.74, 6) is -0.777. The van der Waals surface area contributed by atoms with Crippen molar-refractivity contribution in [3.05, 3.63) is 47.5 Å². The predicted molar refractivity (Wildman–Crippen MR) is 108 cm³/mol. The van der Waals surface area contributed by atoms with Crippen molar-refractivity contribution < 1.29 is 32.2 Å². The number of hydrogen-bond acceptors (Lipinski definition) is 5. The zero-order valence-corrected chi connectivity index (χ0v) is 18.0. The van der Waals surface area contributed by atoms with Gasteiger partial charge in [0.15, 0.2) is 5.82 Å². The molecule has 1 aliphatic heterocycles. The number of aromatic amines is 1. The van der Waals surface area contributed by atoms with Crippen LogP contribution in [-0.4, -0.2) is 69.7 Å². The second-order valence-electron chi connectivity index (χ2n) is 7.87. The Morgan fingerprint density at radius 1 is 1.25 bits per heavy atom. The molecule has 1 aromatic heterocycles. The minimum Gasteiger partial charge on any atom is -0.406 e. The summed E-state index contributed by atoms with van der Waals surface area (Å²) in [4.78, 5) is 35.5. The van der Waals surface area contributed by atoms with Crippen molar-refractivity contribution in [2.75, 3.05) is 19.6 Å². The Morgan fingerprint density at radius 3 is 2.50 bits per heavy atom. The van der Waals surface area contributed by atoms with Crippen LogP contribution in [0.15, 0.2) is 30.5 Å². The monoisotopic (exact) mass is 454 g/mol. The first-order valence-electron chi connectivity index (χ1n) is 10.1. The van der Waals surface area contributed by atoms with Gasteiger partial charge in [-0.25, -0.2) is 4.98 Å². The molecule has 1 saturated heterocycles. The molecular weight excluding hydrogens is 429 g/mol. The number of H-pyrrole nitrogens is 1. The van der Waals surface area contributed by atoms with Gasteiger partial charge in [0, 0.05) is 31.0 Å². The molecule has 11 heteroatoms. The summed E-state index contributed by atoms with van der Waals surface area (Å²) in [7, 11) is 0. The number of hydrogen-bond donors (Lipinski definition) is 1. The molecule has 1 aliphatic rings. The molecule has 8 nitrogen and oxygen atoms in total. The summed E-state index contributed by atoms with van der Waals surface area (Å²) in [5.41, 5.74) is 1.36. The van der Waals surface area contributed by atoms with Crippen molar-refractivity contribution in [1.29, 1.82) is 0 Å². The number of ether oxygens (including phenoxy) is 2. The highest BCUT2D eigenvalue weighted by atomic mass is 19.4. The number of aryl methyl sites for hydroxylation is 1. The maximum Gasteiger partial charge on any atom is 0.573 e. The average molecular weight is 454 g/mol. The van der Waals surface area contributed by atoms with Gasteiger partial charge in [0.05, 0.1) is 12.7 Å². The molecule has 2 amide bonds. The van der Waals surface area contributed by atoms with E-state index in [4.69, 9.17) is 4.74 Å². The lowest BCUT2D eigenvalue weighted by atomic mass is 10.2. The summed E-state index contributed by atoms with van der Waals surface area (Å²) in [6.45, 7) is 5.98. The summed E-state index contributed by atoms with van der Waals surface area (Å²) >= 11 is 0. The van der Waals surface area contributed by atoms with E-state index in [2.05, 4.69) is 14.7 Å². The minimum atomic E-state index is -4.76. The Hall–Kier alpha value is -3.08. The number of imidazole rings is 1. The van der Waals surface area contributed by atoms with Crippen molar-refractivity contribution in [3.63, 3.8) is 0 Å². The van der Waals surface area contributed by atoms with Gasteiger partial charge < -0.3 is 24.3 Å². The number of carbonyl (C=O) groups is 2. The first kappa shape index (κ1) is 23.6. The van der Waals surface area contributed by atoms with E-state index in [0.29, 0.717) is 5.56 Å². The molecule has 0 saturated carbocycles. The summed E-state index contributed by atoms with van der Waals surface area (Å²) in [6, 6.07) is 5.26. The number of benzene rings is 1. The highest BCUT2D eigenvalue weighted by Gasteiger charge is 2.33. The minimum absolute atomic E-state index is 0.0895. The highest BCUT2D eigenvalue weighted by Crippen LogP contribution is 2.23. The lowest BCUT2D eigenvalue weighted by Crippen LogP contribution is -2.42. The van der Waals surface area contributed by atoms with E-state index in [1.54, 1.807) is 11.8 Å².